The van der Waals surface area contributed by atoms with E-state index in [2.05, 4.69) is 5.32 Å². The van der Waals surface area contributed by atoms with Crippen LogP contribution in [0.3, 0.4) is 0 Å². The van der Waals surface area contributed by atoms with E-state index in [1.165, 1.54) is 18.2 Å². The van der Waals surface area contributed by atoms with Gasteiger partial charge in [-0.2, -0.15) is 0 Å². The van der Waals surface area contributed by atoms with Crippen LogP contribution >= 0.6 is 0 Å². The van der Waals surface area contributed by atoms with Crippen molar-refractivity contribution < 1.29 is 13.9 Å². The number of hydrogen-bond acceptors (Lipinski definition) is 3. The molecule has 0 heterocycles. The number of nitrogen functional groups attached to an aromatic ring is 1. The summed E-state index contributed by atoms with van der Waals surface area (Å²) in [5, 5.41) is 2.63. The summed E-state index contributed by atoms with van der Waals surface area (Å²) in [5.74, 6) is -0.631. The molecule has 0 atom stereocenters. The van der Waals surface area contributed by atoms with Crippen LogP contribution in [0.5, 0.6) is 0 Å². The van der Waals surface area contributed by atoms with Gasteiger partial charge in [0.1, 0.15) is 5.82 Å². The summed E-state index contributed by atoms with van der Waals surface area (Å²) in [7, 11) is 0. The van der Waals surface area contributed by atoms with Gasteiger partial charge < -0.3 is 15.8 Å². The molecule has 0 aliphatic rings. The molecule has 0 bridgehead atoms. The Balaban J connectivity index is 2.43. The number of rotatable bonds is 6. The van der Waals surface area contributed by atoms with Gasteiger partial charge in [-0.25, -0.2) is 4.39 Å². The highest BCUT2D eigenvalue weighted by molar-refractivity contribution is 5.93. The molecule has 106 valence electrons. The molecule has 0 radical (unpaired) electrons. The van der Waals surface area contributed by atoms with Crippen LogP contribution in [0.25, 0.3) is 0 Å². The van der Waals surface area contributed by atoms with Gasteiger partial charge in [0.05, 0.1) is 30.0 Å². The number of benzene rings is 1. The maximum atomic E-state index is 12.8. The fourth-order valence-electron chi connectivity index (χ4n) is 1.38. The van der Waals surface area contributed by atoms with Gasteiger partial charge in [-0.05, 0) is 38.5 Å². The van der Waals surface area contributed by atoms with Gasteiger partial charge in [0, 0.05) is 0 Å². The minimum Gasteiger partial charge on any atom is -0.397 e. The van der Waals surface area contributed by atoms with Gasteiger partial charge in [0.2, 0.25) is 5.91 Å². The zero-order valence-electron chi connectivity index (χ0n) is 11.6. The van der Waals surface area contributed by atoms with Crippen LogP contribution in [0.1, 0.15) is 33.6 Å². The standard InChI is InChI=1S/C14H21FN2O2/c1-4-14(2,3)19-8-7-13(18)17-12-6-5-10(15)9-11(12)16/h5-6,9H,4,7-8,16H2,1-3H3,(H,17,18). The summed E-state index contributed by atoms with van der Waals surface area (Å²) in [6.45, 7) is 6.32. The van der Waals surface area contributed by atoms with Gasteiger partial charge in [-0.15, -0.1) is 0 Å². The van der Waals surface area contributed by atoms with Gasteiger partial charge in [-0.1, -0.05) is 6.92 Å². The quantitative estimate of drug-likeness (QED) is 0.780. The van der Waals surface area contributed by atoms with Crippen LogP contribution in [0.15, 0.2) is 18.2 Å². The van der Waals surface area contributed by atoms with E-state index >= 15 is 0 Å². The Morgan fingerprint density at radius 2 is 2.16 bits per heavy atom. The highest BCUT2D eigenvalue weighted by Crippen LogP contribution is 2.19. The number of amides is 1. The Hall–Kier alpha value is -1.62. The summed E-state index contributed by atoms with van der Waals surface area (Å²) in [6.07, 6.45) is 1.11. The highest BCUT2D eigenvalue weighted by atomic mass is 19.1. The van der Waals surface area contributed by atoms with Gasteiger partial charge in [0.15, 0.2) is 0 Å². The lowest BCUT2D eigenvalue weighted by atomic mass is 10.1. The third kappa shape index (κ3) is 5.26. The Bertz CT molecular complexity index is 447. The van der Waals surface area contributed by atoms with Crippen molar-refractivity contribution in [3.8, 4) is 0 Å². The number of anilines is 2. The lowest BCUT2D eigenvalue weighted by molar-refractivity contribution is -0.118. The summed E-state index contributed by atoms with van der Waals surface area (Å²) >= 11 is 0. The van der Waals surface area contributed by atoms with Crippen molar-refractivity contribution in [1.82, 2.24) is 0 Å². The number of carbonyl (C=O) groups is 1. The summed E-state index contributed by atoms with van der Waals surface area (Å²) in [5.41, 5.74) is 6.01. The van der Waals surface area contributed by atoms with E-state index in [1.807, 2.05) is 20.8 Å². The highest BCUT2D eigenvalue weighted by Gasteiger charge is 2.15. The number of ether oxygens (including phenoxy) is 1. The largest absolute Gasteiger partial charge is 0.397 e. The van der Waals surface area contributed by atoms with Crippen LogP contribution < -0.4 is 11.1 Å². The molecule has 3 N–H and O–H groups in total. The first kappa shape index (κ1) is 15.4. The fourth-order valence-corrected chi connectivity index (χ4v) is 1.38. The maximum Gasteiger partial charge on any atom is 0.226 e. The van der Waals surface area contributed by atoms with Crippen LogP contribution in [-0.2, 0) is 9.53 Å². The van der Waals surface area contributed by atoms with Crippen LogP contribution in [0, 0.1) is 5.82 Å². The van der Waals surface area contributed by atoms with E-state index < -0.39 is 5.82 Å². The van der Waals surface area contributed by atoms with Crippen LogP contribution in [-0.4, -0.2) is 18.1 Å². The van der Waals surface area contributed by atoms with Crippen LogP contribution in [0.2, 0.25) is 0 Å². The van der Waals surface area contributed by atoms with Crippen LogP contribution in [0.4, 0.5) is 15.8 Å². The molecular formula is C14H21FN2O2. The third-order valence-electron chi connectivity index (χ3n) is 2.96. The zero-order chi connectivity index (χ0) is 14.5. The smallest absolute Gasteiger partial charge is 0.226 e. The fraction of sp³-hybridized carbons (Fsp3) is 0.500. The molecule has 0 aromatic heterocycles. The molecule has 4 nitrogen and oxygen atoms in total. The number of halogens is 1. The first-order valence-electron chi connectivity index (χ1n) is 6.33. The zero-order valence-corrected chi connectivity index (χ0v) is 11.6. The average molecular weight is 268 g/mol. The molecule has 0 aliphatic carbocycles. The van der Waals surface area contributed by atoms with E-state index in [0.29, 0.717) is 12.3 Å². The van der Waals surface area contributed by atoms with Crippen molar-refractivity contribution in [3.05, 3.63) is 24.0 Å². The molecule has 0 saturated heterocycles. The summed E-state index contributed by atoms with van der Waals surface area (Å²) in [4.78, 5) is 11.7. The molecule has 1 rings (SSSR count). The second kappa shape index (κ2) is 6.52. The van der Waals surface area contributed by atoms with Crippen molar-refractivity contribution >= 4 is 17.3 Å². The van der Waals surface area contributed by atoms with Crippen molar-refractivity contribution in [2.24, 2.45) is 0 Å². The topological polar surface area (TPSA) is 64.3 Å². The Kier molecular flexibility index (Phi) is 5.30. The summed E-state index contributed by atoms with van der Waals surface area (Å²) in [6, 6.07) is 3.87. The minimum atomic E-state index is -0.427. The Morgan fingerprint density at radius 1 is 1.47 bits per heavy atom. The van der Waals surface area contributed by atoms with Gasteiger partial charge >= 0.3 is 0 Å². The van der Waals surface area contributed by atoms with Crippen molar-refractivity contribution in [1.29, 1.82) is 0 Å². The van der Waals surface area contributed by atoms with Crippen molar-refractivity contribution in [3.63, 3.8) is 0 Å². The van der Waals surface area contributed by atoms with Gasteiger partial charge in [-0.3, -0.25) is 4.79 Å². The number of nitrogens with two attached hydrogens (primary N) is 1. The van der Waals surface area contributed by atoms with E-state index in [0.717, 1.165) is 6.42 Å². The molecule has 0 fully saturated rings. The third-order valence-corrected chi connectivity index (χ3v) is 2.96. The average Bonchev–Trinajstić information content (AvgIpc) is 2.32. The van der Waals surface area contributed by atoms with Crippen molar-refractivity contribution in [2.45, 2.75) is 39.2 Å². The molecular weight excluding hydrogens is 247 g/mol. The minimum absolute atomic E-state index is 0.204. The van der Waals surface area contributed by atoms with E-state index in [1.54, 1.807) is 0 Å². The molecule has 0 unspecified atom stereocenters. The first-order chi connectivity index (χ1) is 8.84. The molecule has 0 spiro atoms. The number of nitrogens with one attached hydrogen (secondary N) is 1. The summed E-state index contributed by atoms with van der Waals surface area (Å²) < 4.78 is 18.4. The molecule has 1 aromatic rings. The molecule has 19 heavy (non-hydrogen) atoms. The molecule has 0 aliphatic heterocycles. The molecule has 5 heteroatoms. The van der Waals surface area contributed by atoms with E-state index in [9.17, 15) is 9.18 Å². The number of hydrogen-bond donors (Lipinski definition) is 2. The monoisotopic (exact) mass is 268 g/mol. The lowest BCUT2D eigenvalue weighted by Gasteiger charge is -2.23. The lowest BCUT2D eigenvalue weighted by Crippen LogP contribution is -2.25. The Morgan fingerprint density at radius 3 is 2.74 bits per heavy atom. The van der Waals surface area contributed by atoms with Gasteiger partial charge in [0.25, 0.3) is 0 Å². The van der Waals surface area contributed by atoms with E-state index in [-0.39, 0.29) is 23.6 Å². The second-order valence-electron chi connectivity index (χ2n) is 4.99. The normalized spacial score (nSPS) is 11.4. The number of carbonyl (C=O) groups excluding carboxylic acids is 1. The predicted octanol–water partition coefficient (Wildman–Crippen LogP) is 2.94. The molecule has 1 amide bonds. The SMILES string of the molecule is CCC(C)(C)OCCC(=O)Nc1ccc(F)cc1N. The molecule has 1 aromatic carbocycles. The molecule has 0 saturated carbocycles. The van der Waals surface area contributed by atoms with Crippen molar-refractivity contribution in [2.75, 3.05) is 17.7 Å². The Labute approximate surface area is 113 Å². The second-order valence-corrected chi connectivity index (χ2v) is 4.99. The predicted molar refractivity (Wildman–Crippen MR) is 74.4 cm³/mol. The maximum absolute atomic E-state index is 12.8. The first-order valence-corrected chi connectivity index (χ1v) is 6.33. The van der Waals surface area contributed by atoms with E-state index in [4.69, 9.17) is 10.5 Å².